The summed E-state index contributed by atoms with van der Waals surface area (Å²) < 4.78 is 0. The van der Waals surface area contributed by atoms with Crippen molar-refractivity contribution in [2.24, 2.45) is 11.8 Å². The molecule has 4 rings (SSSR count). The number of hydrogen-bond donors (Lipinski definition) is 1. The molecule has 0 atom stereocenters. The van der Waals surface area contributed by atoms with Crippen LogP contribution < -0.4 is 0 Å². The molecule has 3 aromatic carbocycles. The summed E-state index contributed by atoms with van der Waals surface area (Å²) >= 11 is 0. The van der Waals surface area contributed by atoms with Crippen molar-refractivity contribution in [1.29, 1.82) is 0 Å². The fourth-order valence-electron chi connectivity index (χ4n) is 4.53. The van der Waals surface area contributed by atoms with Crippen molar-refractivity contribution < 1.29 is 5.11 Å². The molecule has 0 heterocycles. The van der Waals surface area contributed by atoms with Crippen LogP contribution in [-0.2, 0) is 19.3 Å². The second-order valence-corrected chi connectivity index (χ2v) is 9.00. The molecule has 1 aliphatic rings. The van der Waals surface area contributed by atoms with Crippen molar-refractivity contribution in [3.63, 3.8) is 0 Å². The van der Waals surface area contributed by atoms with Crippen LogP contribution in [0.1, 0.15) is 49.9 Å². The van der Waals surface area contributed by atoms with Gasteiger partial charge in [0.25, 0.3) is 0 Å². The lowest BCUT2D eigenvalue weighted by Crippen LogP contribution is -2.01. The van der Waals surface area contributed by atoms with E-state index in [0.717, 1.165) is 30.4 Å². The zero-order chi connectivity index (χ0) is 19.8. The summed E-state index contributed by atoms with van der Waals surface area (Å²) in [4.78, 5) is 0. The molecule has 0 amide bonds. The van der Waals surface area contributed by atoms with Crippen LogP contribution in [-0.4, -0.2) is 5.11 Å². The Morgan fingerprint density at radius 1 is 0.750 bits per heavy atom. The summed E-state index contributed by atoms with van der Waals surface area (Å²) in [6.45, 7) is 8.85. The highest BCUT2D eigenvalue weighted by molar-refractivity contribution is 5.85. The first kappa shape index (κ1) is 18.8. The number of hydrogen-bond acceptors (Lipinski definition) is 1. The van der Waals surface area contributed by atoms with E-state index in [0.29, 0.717) is 17.6 Å². The molecular weight excluding hydrogens is 340 g/mol. The average molecular weight is 371 g/mol. The lowest BCUT2D eigenvalue weighted by Gasteiger charge is -2.17. The molecule has 1 heteroatoms. The molecule has 0 bridgehead atoms. The lowest BCUT2D eigenvalue weighted by atomic mass is 9.89. The summed E-state index contributed by atoms with van der Waals surface area (Å²) in [6, 6.07) is 19.8. The standard InChI is InChI=1S/C27H30O/c1-17(2)12-21-14-20(15-22(27(21)28)13-18(3)4)24-10-7-11-25-23-9-6-5-8-19(23)16-26(24)25/h5-11,14-15,17-18,28H,12-13,16H2,1-4H3. The molecule has 1 nitrogen and oxygen atoms in total. The van der Waals surface area contributed by atoms with Crippen LogP contribution in [0.3, 0.4) is 0 Å². The third-order valence-corrected chi connectivity index (χ3v) is 5.69. The molecule has 0 spiro atoms. The smallest absolute Gasteiger partial charge is 0.122 e. The SMILES string of the molecule is CC(C)Cc1cc(-c2cccc3c2Cc2ccccc2-3)cc(CC(C)C)c1O. The van der Waals surface area contributed by atoms with E-state index in [9.17, 15) is 5.11 Å². The van der Waals surface area contributed by atoms with E-state index in [1.165, 1.54) is 33.4 Å². The number of rotatable bonds is 5. The second kappa shape index (κ2) is 7.47. The van der Waals surface area contributed by atoms with Crippen molar-refractivity contribution in [2.45, 2.75) is 47.0 Å². The van der Waals surface area contributed by atoms with E-state index in [1.54, 1.807) is 0 Å². The molecule has 1 N–H and O–H groups in total. The van der Waals surface area contributed by atoms with Gasteiger partial charge in [-0.1, -0.05) is 70.2 Å². The Kier molecular flexibility index (Phi) is 5.02. The maximum atomic E-state index is 10.9. The number of aromatic hydroxyl groups is 1. The highest BCUT2D eigenvalue weighted by Gasteiger charge is 2.22. The summed E-state index contributed by atoms with van der Waals surface area (Å²) in [5.74, 6) is 1.53. The predicted octanol–water partition coefficient (Wildman–Crippen LogP) is 7.03. The fourth-order valence-corrected chi connectivity index (χ4v) is 4.53. The summed E-state index contributed by atoms with van der Waals surface area (Å²) in [7, 11) is 0. The minimum Gasteiger partial charge on any atom is -0.507 e. The van der Waals surface area contributed by atoms with Crippen LogP contribution in [0.15, 0.2) is 54.6 Å². The van der Waals surface area contributed by atoms with E-state index < -0.39 is 0 Å². The van der Waals surface area contributed by atoms with E-state index in [2.05, 4.69) is 82.3 Å². The zero-order valence-electron chi connectivity index (χ0n) is 17.4. The Bertz CT molecular complexity index is 980. The van der Waals surface area contributed by atoms with Gasteiger partial charge >= 0.3 is 0 Å². The number of benzene rings is 3. The molecular formula is C27H30O. The number of phenols is 1. The van der Waals surface area contributed by atoms with E-state index in [4.69, 9.17) is 0 Å². The second-order valence-electron chi connectivity index (χ2n) is 9.00. The Balaban J connectivity index is 1.86. The van der Waals surface area contributed by atoms with Gasteiger partial charge in [0, 0.05) is 0 Å². The van der Waals surface area contributed by atoms with Gasteiger partial charge in [0.05, 0.1) is 0 Å². The number of fused-ring (bicyclic) bond motifs is 3. The molecule has 0 fully saturated rings. The minimum absolute atomic E-state index is 0.502. The molecule has 3 aromatic rings. The molecule has 1 aliphatic carbocycles. The molecule has 144 valence electrons. The van der Waals surface area contributed by atoms with Crippen LogP contribution in [0.2, 0.25) is 0 Å². The third-order valence-electron chi connectivity index (χ3n) is 5.69. The molecule has 0 radical (unpaired) electrons. The average Bonchev–Trinajstić information content (AvgIpc) is 3.03. The summed E-state index contributed by atoms with van der Waals surface area (Å²) in [5, 5.41) is 10.9. The maximum absolute atomic E-state index is 10.9. The summed E-state index contributed by atoms with van der Waals surface area (Å²) in [6.07, 6.45) is 2.79. The summed E-state index contributed by atoms with van der Waals surface area (Å²) in [5.41, 5.74) is 10.3. The molecule has 0 saturated carbocycles. The minimum atomic E-state index is 0.502. The highest BCUT2D eigenvalue weighted by atomic mass is 16.3. The normalized spacial score (nSPS) is 12.5. The monoisotopic (exact) mass is 370 g/mol. The maximum Gasteiger partial charge on any atom is 0.122 e. The van der Waals surface area contributed by atoms with E-state index in [-0.39, 0.29) is 0 Å². The molecule has 28 heavy (non-hydrogen) atoms. The Hall–Kier alpha value is -2.54. The van der Waals surface area contributed by atoms with Gasteiger partial charge in [0.15, 0.2) is 0 Å². The van der Waals surface area contributed by atoms with Crippen LogP contribution in [0, 0.1) is 11.8 Å². The van der Waals surface area contributed by atoms with Crippen LogP contribution >= 0.6 is 0 Å². The van der Waals surface area contributed by atoms with Gasteiger partial charge in [-0.2, -0.15) is 0 Å². The van der Waals surface area contributed by atoms with Crippen molar-refractivity contribution in [2.75, 3.05) is 0 Å². The quantitative estimate of drug-likeness (QED) is 0.400. The predicted molar refractivity (Wildman–Crippen MR) is 119 cm³/mol. The van der Waals surface area contributed by atoms with Gasteiger partial charge in [-0.25, -0.2) is 0 Å². The Labute approximate surface area is 169 Å². The van der Waals surface area contributed by atoms with Gasteiger partial charge in [-0.15, -0.1) is 0 Å². The van der Waals surface area contributed by atoms with E-state index in [1.807, 2.05) is 0 Å². The van der Waals surface area contributed by atoms with Gasteiger partial charge in [0.1, 0.15) is 5.75 Å². The van der Waals surface area contributed by atoms with E-state index >= 15 is 0 Å². The highest BCUT2D eigenvalue weighted by Crippen LogP contribution is 2.43. The largest absolute Gasteiger partial charge is 0.507 e. The van der Waals surface area contributed by atoms with Crippen molar-refractivity contribution in [1.82, 2.24) is 0 Å². The van der Waals surface area contributed by atoms with Gasteiger partial charge in [0.2, 0.25) is 0 Å². The van der Waals surface area contributed by atoms with Gasteiger partial charge in [-0.3, -0.25) is 0 Å². The van der Waals surface area contributed by atoms with Crippen LogP contribution in [0.5, 0.6) is 5.75 Å². The van der Waals surface area contributed by atoms with Crippen molar-refractivity contribution in [3.05, 3.63) is 76.9 Å². The lowest BCUT2D eigenvalue weighted by molar-refractivity contribution is 0.450. The Morgan fingerprint density at radius 2 is 1.32 bits per heavy atom. The van der Waals surface area contributed by atoms with Crippen molar-refractivity contribution >= 4 is 0 Å². The first-order valence-electron chi connectivity index (χ1n) is 10.5. The van der Waals surface area contributed by atoms with Crippen LogP contribution in [0.4, 0.5) is 0 Å². The molecule has 0 aromatic heterocycles. The van der Waals surface area contributed by atoms with Crippen LogP contribution in [0.25, 0.3) is 22.3 Å². The zero-order valence-corrected chi connectivity index (χ0v) is 17.4. The first-order valence-corrected chi connectivity index (χ1v) is 10.5. The van der Waals surface area contributed by atoms with Gasteiger partial charge in [-0.05, 0) is 87.7 Å². The molecule has 0 unspecified atom stereocenters. The topological polar surface area (TPSA) is 20.2 Å². The third kappa shape index (κ3) is 3.46. The number of phenolic OH excluding ortho intramolecular Hbond substituents is 1. The molecule has 0 saturated heterocycles. The Morgan fingerprint density at radius 3 is 1.96 bits per heavy atom. The molecule has 0 aliphatic heterocycles. The van der Waals surface area contributed by atoms with Crippen molar-refractivity contribution in [3.8, 4) is 28.0 Å². The first-order chi connectivity index (χ1) is 13.4. The fraction of sp³-hybridized carbons (Fsp3) is 0.333. The van der Waals surface area contributed by atoms with Gasteiger partial charge < -0.3 is 5.11 Å².